The first-order valence-electron chi connectivity index (χ1n) is 10.8. The SMILES string of the molecule is COc1ccc2c3c([nH]c2c1)[C@H](CO)N(C(=O)c1ccncc1)CC31CCN(C)CC1. The molecule has 0 radical (unpaired) electrons. The zero-order chi connectivity index (χ0) is 21.6. The summed E-state index contributed by atoms with van der Waals surface area (Å²) >= 11 is 0. The van der Waals surface area contributed by atoms with Crippen molar-refractivity contribution in [2.45, 2.75) is 24.3 Å². The molecule has 1 spiro atoms. The minimum Gasteiger partial charge on any atom is -0.497 e. The third-order valence-corrected chi connectivity index (χ3v) is 7.05. The highest BCUT2D eigenvalue weighted by molar-refractivity contribution is 5.95. The Morgan fingerprint density at radius 3 is 2.68 bits per heavy atom. The van der Waals surface area contributed by atoms with E-state index < -0.39 is 6.04 Å². The van der Waals surface area contributed by atoms with E-state index in [4.69, 9.17) is 4.74 Å². The first-order chi connectivity index (χ1) is 15.1. The largest absolute Gasteiger partial charge is 0.497 e. The third-order valence-electron chi connectivity index (χ3n) is 7.05. The smallest absolute Gasteiger partial charge is 0.254 e. The van der Waals surface area contributed by atoms with E-state index in [0.717, 1.165) is 48.3 Å². The van der Waals surface area contributed by atoms with Gasteiger partial charge >= 0.3 is 0 Å². The van der Waals surface area contributed by atoms with E-state index >= 15 is 0 Å². The first-order valence-corrected chi connectivity index (χ1v) is 10.8. The number of aromatic nitrogens is 2. The van der Waals surface area contributed by atoms with Gasteiger partial charge in [0.1, 0.15) is 5.75 Å². The summed E-state index contributed by atoms with van der Waals surface area (Å²) in [7, 11) is 3.81. The van der Waals surface area contributed by atoms with Crippen LogP contribution in [0.25, 0.3) is 10.9 Å². The highest BCUT2D eigenvalue weighted by atomic mass is 16.5. The Morgan fingerprint density at radius 1 is 1.26 bits per heavy atom. The molecule has 4 heterocycles. The van der Waals surface area contributed by atoms with Crippen LogP contribution in [0.1, 0.15) is 40.5 Å². The van der Waals surface area contributed by atoms with E-state index in [-0.39, 0.29) is 17.9 Å². The van der Waals surface area contributed by atoms with Crippen LogP contribution < -0.4 is 4.74 Å². The summed E-state index contributed by atoms with van der Waals surface area (Å²) in [4.78, 5) is 25.3. The second kappa shape index (κ2) is 7.66. The second-order valence-corrected chi connectivity index (χ2v) is 8.78. The number of likely N-dealkylation sites (tertiary alicyclic amines) is 1. The quantitative estimate of drug-likeness (QED) is 0.681. The van der Waals surface area contributed by atoms with Crippen molar-refractivity contribution in [3.05, 3.63) is 59.5 Å². The van der Waals surface area contributed by atoms with Gasteiger partial charge in [-0.15, -0.1) is 0 Å². The van der Waals surface area contributed by atoms with Crippen molar-refractivity contribution < 1.29 is 14.6 Å². The molecule has 1 saturated heterocycles. The highest BCUT2D eigenvalue weighted by Crippen LogP contribution is 2.49. The molecule has 1 atom stereocenters. The van der Waals surface area contributed by atoms with E-state index in [9.17, 15) is 9.90 Å². The summed E-state index contributed by atoms with van der Waals surface area (Å²) < 4.78 is 5.43. The predicted molar refractivity (Wildman–Crippen MR) is 118 cm³/mol. The molecule has 0 aliphatic carbocycles. The van der Waals surface area contributed by atoms with Gasteiger partial charge in [0, 0.05) is 52.6 Å². The fourth-order valence-corrected chi connectivity index (χ4v) is 5.34. The van der Waals surface area contributed by atoms with Crippen molar-refractivity contribution in [3.8, 4) is 5.75 Å². The fourth-order valence-electron chi connectivity index (χ4n) is 5.34. The number of benzene rings is 1. The summed E-state index contributed by atoms with van der Waals surface area (Å²) in [6.07, 6.45) is 5.20. The first kappa shape index (κ1) is 20.0. The van der Waals surface area contributed by atoms with Crippen LogP contribution in [-0.2, 0) is 5.41 Å². The van der Waals surface area contributed by atoms with Gasteiger partial charge in [-0.2, -0.15) is 0 Å². The van der Waals surface area contributed by atoms with Crippen molar-refractivity contribution in [2.75, 3.05) is 40.4 Å². The summed E-state index contributed by atoms with van der Waals surface area (Å²) in [6, 6.07) is 9.16. The number of methoxy groups -OCH3 is 1. The Kier molecular flexibility index (Phi) is 4.95. The Morgan fingerprint density at radius 2 is 2.00 bits per heavy atom. The average Bonchev–Trinajstić information content (AvgIpc) is 3.20. The van der Waals surface area contributed by atoms with E-state index in [0.29, 0.717) is 12.1 Å². The second-order valence-electron chi connectivity index (χ2n) is 8.78. The van der Waals surface area contributed by atoms with Crippen LogP contribution in [0.4, 0.5) is 0 Å². The minimum absolute atomic E-state index is 0.0679. The van der Waals surface area contributed by atoms with Crippen molar-refractivity contribution in [3.63, 3.8) is 0 Å². The van der Waals surface area contributed by atoms with Crippen LogP contribution in [0, 0.1) is 0 Å². The number of piperidine rings is 1. The highest BCUT2D eigenvalue weighted by Gasteiger charge is 2.48. The van der Waals surface area contributed by atoms with Crippen LogP contribution in [-0.4, -0.2) is 71.2 Å². The summed E-state index contributed by atoms with van der Waals surface area (Å²) in [6.45, 7) is 2.41. The summed E-state index contributed by atoms with van der Waals surface area (Å²) in [5.74, 6) is 0.718. The van der Waals surface area contributed by atoms with Gasteiger partial charge in [0.05, 0.1) is 19.8 Å². The van der Waals surface area contributed by atoms with Gasteiger partial charge in [0.2, 0.25) is 0 Å². The number of nitrogens with one attached hydrogen (secondary N) is 1. The van der Waals surface area contributed by atoms with Crippen molar-refractivity contribution in [2.24, 2.45) is 0 Å². The maximum absolute atomic E-state index is 13.5. The number of aliphatic hydroxyl groups excluding tert-OH is 1. The molecule has 7 nitrogen and oxygen atoms in total. The number of nitrogens with zero attached hydrogens (tertiary/aromatic N) is 3. The molecule has 2 N–H and O–H groups in total. The van der Waals surface area contributed by atoms with Gasteiger partial charge in [0.25, 0.3) is 5.91 Å². The molecule has 2 aromatic heterocycles. The van der Waals surface area contributed by atoms with Crippen LogP contribution in [0.5, 0.6) is 5.75 Å². The Hall–Kier alpha value is -2.90. The zero-order valence-corrected chi connectivity index (χ0v) is 18.0. The van der Waals surface area contributed by atoms with Gasteiger partial charge < -0.3 is 24.6 Å². The van der Waals surface area contributed by atoms with Gasteiger partial charge in [-0.3, -0.25) is 9.78 Å². The lowest BCUT2D eigenvalue weighted by Crippen LogP contribution is -2.54. The lowest BCUT2D eigenvalue weighted by atomic mass is 9.68. The Bertz CT molecular complexity index is 1100. The molecule has 1 fully saturated rings. The molecule has 1 aromatic carbocycles. The van der Waals surface area contributed by atoms with Crippen molar-refractivity contribution >= 4 is 16.8 Å². The van der Waals surface area contributed by atoms with Gasteiger partial charge in [-0.25, -0.2) is 0 Å². The number of pyridine rings is 1. The average molecular weight is 421 g/mol. The van der Waals surface area contributed by atoms with Gasteiger partial charge in [-0.05, 0) is 62.8 Å². The maximum Gasteiger partial charge on any atom is 0.254 e. The standard InChI is InChI=1S/C24H28N4O3/c1-27-11-7-24(8-12-27)15-28(23(30)16-5-9-25-10-6-16)20(14-29)22-21(24)18-4-3-17(31-2)13-19(18)26-22/h3-6,9-10,13,20,26,29H,7-8,11-12,14-15H2,1-2H3/t20-/m0/s1. The van der Waals surface area contributed by atoms with E-state index in [1.54, 1.807) is 31.6 Å². The molecule has 2 aliphatic heterocycles. The van der Waals surface area contributed by atoms with Crippen LogP contribution in [0.2, 0.25) is 0 Å². The number of ether oxygens (including phenoxy) is 1. The minimum atomic E-state index is -0.417. The molecule has 31 heavy (non-hydrogen) atoms. The monoisotopic (exact) mass is 420 g/mol. The molecule has 3 aromatic rings. The molecule has 2 aliphatic rings. The normalized spacial score (nSPS) is 20.7. The topological polar surface area (TPSA) is 81.7 Å². The van der Waals surface area contributed by atoms with E-state index in [2.05, 4.69) is 28.0 Å². The summed E-state index contributed by atoms with van der Waals surface area (Å²) in [5.41, 5.74) is 3.64. The fraction of sp³-hybridized carbons (Fsp3) is 0.417. The molecule has 0 unspecified atom stereocenters. The number of fused-ring (bicyclic) bond motifs is 4. The molecule has 7 heteroatoms. The zero-order valence-electron chi connectivity index (χ0n) is 18.0. The number of amides is 1. The number of hydrogen-bond donors (Lipinski definition) is 2. The predicted octanol–water partition coefficient (Wildman–Crippen LogP) is 2.72. The molecule has 162 valence electrons. The summed E-state index contributed by atoms with van der Waals surface area (Å²) in [5, 5.41) is 11.6. The molecule has 5 rings (SSSR count). The number of H-pyrrole nitrogens is 1. The number of aromatic amines is 1. The van der Waals surface area contributed by atoms with Crippen LogP contribution >= 0.6 is 0 Å². The van der Waals surface area contributed by atoms with E-state index in [1.165, 1.54) is 5.56 Å². The number of carbonyl (C=O) groups excluding carboxylic acids is 1. The number of hydrogen-bond acceptors (Lipinski definition) is 5. The van der Waals surface area contributed by atoms with Crippen molar-refractivity contribution in [1.82, 2.24) is 19.8 Å². The van der Waals surface area contributed by atoms with E-state index in [1.807, 2.05) is 17.0 Å². The molecule has 1 amide bonds. The third kappa shape index (κ3) is 3.20. The lowest BCUT2D eigenvalue weighted by Gasteiger charge is -2.49. The number of rotatable bonds is 3. The number of aliphatic hydroxyl groups is 1. The van der Waals surface area contributed by atoms with Crippen LogP contribution in [0.3, 0.4) is 0 Å². The lowest BCUT2D eigenvalue weighted by molar-refractivity contribution is 0.0362. The molecular weight excluding hydrogens is 392 g/mol. The molecule has 0 saturated carbocycles. The molecule has 0 bridgehead atoms. The Balaban J connectivity index is 1.68. The van der Waals surface area contributed by atoms with Crippen molar-refractivity contribution in [1.29, 1.82) is 0 Å². The molecular formula is C24H28N4O3. The van der Waals surface area contributed by atoms with Gasteiger partial charge in [0.15, 0.2) is 0 Å². The number of carbonyl (C=O) groups is 1. The Labute approximate surface area is 181 Å². The van der Waals surface area contributed by atoms with Gasteiger partial charge in [-0.1, -0.05) is 0 Å². The maximum atomic E-state index is 13.5. The van der Waals surface area contributed by atoms with Crippen LogP contribution in [0.15, 0.2) is 42.7 Å².